The summed E-state index contributed by atoms with van der Waals surface area (Å²) < 4.78 is 14.9. The number of nitrogens with zero attached hydrogens (tertiary/aromatic N) is 3. The molecule has 0 radical (unpaired) electrons. The van der Waals surface area contributed by atoms with Crippen LogP contribution in [0.3, 0.4) is 0 Å². The second-order valence-electron chi connectivity index (χ2n) is 11.8. The van der Waals surface area contributed by atoms with Crippen LogP contribution < -0.4 is 20.1 Å². The number of hydrogen-bond donors (Lipinski definition) is 2. The predicted octanol–water partition coefficient (Wildman–Crippen LogP) is 9.82. The maximum Gasteiger partial charge on any atom is 0.255 e. The topological polar surface area (TPSA) is 90.3 Å². The lowest BCUT2D eigenvalue weighted by molar-refractivity contribution is -0.113. The molecule has 0 saturated carbocycles. The van der Waals surface area contributed by atoms with Gasteiger partial charge in [-0.2, -0.15) is 4.98 Å². The van der Waals surface area contributed by atoms with E-state index in [1.165, 1.54) is 17.3 Å². The number of allylic oxidation sites excluding steroid dienone is 1. The summed E-state index contributed by atoms with van der Waals surface area (Å²) in [5.41, 5.74) is 8.01. The van der Waals surface area contributed by atoms with E-state index >= 15 is 0 Å². The van der Waals surface area contributed by atoms with Gasteiger partial charge in [-0.15, -0.1) is 5.10 Å². The highest BCUT2D eigenvalue weighted by atomic mass is 79.9. The summed E-state index contributed by atoms with van der Waals surface area (Å²) in [7, 11) is 0. The van der Waals surface area contributed by atoms with Crippen molar-refractivity contribution in [3.63, 3.8) is 0 Å². The second kappa shape index (κ2) is 15.1. The molecule has 11 heteroatoms. The summed E-state index contributed by atoms with van der Waals surface area (Å²) in [6, 6.07) is 25.1. The van der Waals surface area contributed by atoms with Crippen LogP contribution in [0.5, 0.6) is 11.5 Å². The van der Waals surface area contributed by atoms with Gasteiger partial charge in [-0.25, -0.2) is 4.68 Å². The minimum atomic E-state index is -0.634. The number of ether oxygens (including phenoxy) is 2. The Hall–Kier alpha value is -4.25. The van der Waals surface area contributed by atoms with Crippen LogP contribution in [0.25, 0.3) is 0 Å². The number of nitrogens with one attached hydrogen (secondary N) is 2. The molecule has 1 amide bonds. The predicted molar refractivity (Wildman–Crippen MR) is 201 cm³/mol. The third-order valence-corrected chi connectivity index (χ3v) is 10.2. The van der Waals surface area contributed by atoms with Crippen LogP contribution in [0.15, 0.2) is 99.8 Å². The summed E-state index contributed by atoms with van der Waals surface area (Å²) in [5, 5.41) is 12.7. The molecule has 0 aliphatic carbocycles. The van der Waals surface area contributed by atoms with E-state index in [0.29, 0.717) is 62.3 Å². The third kappa shape index (κ3) is 7.66. The van der Waals surface area contributed by atoms with E-state index in [1.807, 2.05) is 82.3 Å². The van der Waals surface area contributed by atoms with Gasteiger partial charge in [0.15, 0.2) is 11.5 Å². The van der Waals surface area contributed by atoms with E-state index in [-0.39, 0.29) is 5.91 Å². The van der Waals surface area contributed by atoms with Crippen molar-refractivity contribution in [1.29, 1.82) is 0 Å². The van der Waals surface area contributed by atoms with E-state index in [9.17, 15) is 4.79 Å². The fourth-order valence-corrected chi connectivity index (χ4v) is 7.31. The summed E-state index contributed by atoms with van der Waals surface area (Å²) >= 11 is 11.7. The molecular formula is C38H37BrClN5O3S. The van der Waals surface area contributed by atoms with Crippen molar-refractivity contribution in [1.82, 2.24) is 14.8 Å². The Bertz CT molecular complexity index is 2050. The lowest BCUT2D eigenvalue weighted by Crippen LogP contribution is -2.31. The number of hydrogen-bond acceptors (Lipinski definition) is 7. The van der Waals surface area contributed by atoms with Gasteiger partial charge < -0.3 is 20.1 Å². The van der Waals surface area contributed by atoms with Gasteiger partial charge in [0.1, 0.15) is 12.6 Å². The van der Waals surface area contributed by atoms with E-state index in [0.717, 1.165) is 33.5 Å². The Labute approximate surface area is 304 Å². The summed E-state index contributed by atoms with van der Waals surface area (Å²) in [4.78, 5) is 19.1. The van der Waals surface area contributed by atoms with Crippen molar-refractivity contribution in [2.24, 2.45) is 0 Å². The Morgan fingerprint density at radius 2 is 1.80 bits per heavy atom. The average Bonchev–Trinajstić information content (AvgIpc) is 3.48. The molecule has 1 atom stereocenters. The fourth-order valence-electron chi connectivity index (χ4n) is 5.62. The van der Waals surface area contributed by atoms with Gasteiger partial charge in [-0.1, -0.05) is 83.5 Å². The van der Waals surface area contributed by atoms with Gasteiger partial charge >= 0.3 is 0 Å². The van der Waals surface area contributed by atoms with Crippen LogP contribution in [0.2, 0.25) is 5.02 Å². The van der Waals surface area contributed by atoms with Gasteiger partial charge in [0.2, 0.25) is 11.1 Å². The van der Waals surface area contributed by atoms with E-state index in [4.69, 9.17) is 31.2 Å². The van der Waals surface area contributed by atoms with Crippen LogP contribution in [-0.4, -0.2) is 27.3 Å². The molecule has 2 heterocycles. The monoisotopic (exact) mass is 757 g/mol. The molecule has 4 aromatic carbocycles. The Morgan fingerprint density at radius 3 is 2.55 bits per heavy atom. The van der Waals surface area contributed by atoms with Crippen molar-refractivity contribution in [2.45, 2.75) is 58.2 Å². The molecule has 0 fully saturated rings. The number of aromatic nitrogens is 3. The number of thioether (sulfide) groups is 1. The van der Waals surface area contributed by atoms with Crippen molar-refractivity contribution in [2.75, 3.05) is 17.2 Å². The quantitative estimate of drug-likeness (QED) is 0.130. The smallest absolute Gasteiger partial charge is 0.255 e. The van der Waals surface area contributed by atoms with E-state index < -0.39 is 6.04 Å². The summed E-state index contributed by atoms with van der Waals surface area (Å²) in [6.07, 6.45) is 0. The second-order valence-corrected chi connectivity index (χ2v) is 14.1. The van der Waals surface area contributed by atoms with Gasteiger partial charge in [-0.3, -0.25) is 4.79 Å². The zero-order valence-corrected chi connectivity index (χ0v) is 31.1. The lowest BCUT2D eigenvalue weighted by atomic mass is 9.94. The molecule has 1 aromatic heterocycles. The molecule has 252 valence electrons. The molecule has 0 saturated heterocycles. The van der Waals surface area contributed by atoms with Crippen molar-refractivity contribution in [3.8, 4) is 11.5 Å². The highest BCUT2D eigenvalue weighted by Gasteiger charge is 2.36. The maximum absolute atomic E-state index is 14.3. The van der Waals surface area contributed by atoms with Crippen LogP contribution in [0.1, 0.15) is 53.3 Å². The van der Waals surface area contributed by atoms with Gasteiger partial charge in [-0.05, 0) is 103 Å². The van der Waals surface area contributed by atoms with Gasteiger partial charge in [0.25, 0.3) is 5.91 Å². The number of amides is 1. The Balaban J connectivity index is 1.40. The molecule has 8 nitrogen and oxygen atoms in total. The van der Waals surface area contributed by atoms with Crippen molar-refractivity contribution >= 4 is 56.8 Å². The molecule has 1 aliphatic rings. The minimum absolute atomic E-state index is 0.246. The first kappa shape index (κ1) is 34.6. The van der Waals surface area contributed by atoms with Gasteiger partial charge in [0, 0.05) is 22.2 Å². The normalized spacial score (nSPS) is 13.9. The number of fused-ring (bicyclic) bond motifs is 1. The molecule has 1 unspecified atom stereocenters. The van der Waals surface area contributed by atoms with E-state index in [1.54, 1.807) is 4.68 Å². The zero-order valence-electron chi connectivity index (χ0n) is 27.9. The molecule has 0 bridgehead atoms. The first-order valence-corrected chi connectivity index (χ1v) is 18.1. The highest BCUT2D eigenvalue weighted by Crippen LogP contribution is 2.44. The number of benzene rings is 4. The summed E-state index contributed by atoms with van der Waals surface area (Å²) in [5.74, 6) is 2.01. The fraction of sp³-hybridized carbons (Fsp3) is 0.237. The number of anilines is 2. The van der Waals surface area contributed by atoms with Crippen molar-refractivity contribution in [3.05, 3.63) is 133 Å². The zero-order chi connectivity index (χ0) is 34.7. The number of carbonyl (C=O) groups excluding carboxylic acids is 1. The standard InChI is InChI=1S/C38H37BrClN5O3S/c1-6-47-32-19-28(18-29(39)35(32)48-20-26-16-14-22(2)15-17-26)34-33(36(46)42-31-13-9-10-23(3)24(31)4)25(5)41-37-43-38(44-45(34)37)49-21-27-11-7-8-12-30(27)40/h7-19,34H,6,20-21H2,1-5H3,(H,42,46)(H,41,43,44). The average molecular weight is 759 g/mol. The van der Waals surface area contributed by atoms with Crippen molar-refractivity contribution < 1.29 is 14.3 Å². The summed E-state index contributed by atoms with van der Waals surface area (Å²) in [6.45, 7) is 10.7. The van der Waals surface area contributed by atoms with Crippen LogP contribution >= 0.6 is 39.3 Å². The third-order valence-electron chi connectivity index (χ3n) is 8.40. The number of rotatable bonds is 11. The molecular weight excluding hydrogens is 722 g/mol. The molecule has 5 aromatic rings. The molecule has 6 rings (SSSR count). The first-order chi connectivity index (χ1) is 23.6. The Kier molecular flexibility index (Phi) is 10.7. The minimum Gasteiger partial charge on any atom is -0.490 e. The van der Waals surface area contributed by atoms with Crippen LogP contribution in [0, 0.1) is 20.8 Å². The Morgan fingerprint density at radius 1 is 1.02 bits per heavy atom. The van der Waals surface area contributed by atoms with Crippen LogP contribution in [0.4, 0.5) is 11.6 Å². The number of carbonyl (C=O) groups is 1. The molecule has 49 heavy (non-hydrogen) atoms. The maximum atomic E-state index is 14.3. The molecule has 0 spiro atoms. The lowest BCUT2D eigenvalue weighted by Gasteiger charge is -2.29. The SMILES string of the molecule is CCOc1cc(C2C(C(=O)Nc3cccc(C)c3C)=C(C)Nc3nc(SCc4ccccc4Cl)nn32)cc(Br)c1OCc1ccc(C)cc1. The number of aryl methyl sites for hydroxylation is 2. The molecule has 1 aliphatic heterocycles. The largest absolute Gasteiger partial charge is 0.490 e. The highest BCUT2D eigenvalue weighted by molar-refractivity contribution is 9.10. The molecule has 2 N–H and O–H groups in total. The van der Waals surface area contributed by atoms with Crippen LogP contribution in [-0.2, 0) is 17.2 Å². The number of halogens is 2. The van der Waals surface area contributed by atoms with Gasteiger partial charge in [0.05, 0.1) is 16.7 Å². The van der Waals surface area contributed by atoms with E-state index in [2.05, 4.69) is 57.8 Å². The first-order valence-electron chi connectivity index (χ1n) is 16.0.